The molecule has 0 unspecified atom stereocenters. The van der Waals surface area contributed by atoms with Gasteiger partial charge in [0.05, 0.1) is 17.6 Å². The van der Waals surface area contributed by atoms with Crippen molar-refractivity contribution in [3.63, 3.8) is 0 Å². The smallest absolute Gasteiger partial charge is 0.251 e. The molecule has 4 aromatic rings. The van der Waals surface area contributed by atoms with Gasteiger partial charge in [0.15, 0.2) is 0 Å². The van der Waals surface area contributed by atoms with Gasteiger partial charge in [0.1, 0.15) is 18.2 Å². The van der Waals surface area contributed by atoms with E-state index in [0.717, 1.165) is 47.4 Å². The molecule has 0 aliphatic rings. The zero-order valence-electron chi connectivity index (χ0n) is 18.6. The van der Waals surface area contributed by atoms with E-state index < -0.39 is 0 Å². The molecule has 0 aliphatic carbocycles. The molecule has 4 rings (SSSR count). The van der Waals surface area contributed by atoms with Crippen LogP contribution in [0, 0.1) is 0 Å². The molecule has 0 fully saturated rings. The van der Waals surface area contributed by atoms with Crippen LogP contribution in [-0.2, 0) is 19.4 Å². The van der Waals surface area contributed by atoms with E-state index in [4.69, 9.17) is 9.72 Å². The first kappa shape index (κ1) is 22.3. The highest BCUT2D eigenvalue weighted by Crippen LogP contribution is 2.20. The predicted molar refractivity (Wildman–Crippen MR) is 130 cm³/mol. The number of rotatable bonds is 11. The van der Waals surface area contributed by atoms with Crippen molar-refractivity contribution in [2.45, 2.75) is 25.8 Å². The zero-order chi connectivity index (χ0) is 22.9. The fourth-order valence-electron chi connectivity index (χ4n) is 3.84. The number of imidazole rings is 1. The summed E-state index contributed by atoms with van der Waals surface area (Å²) >= 11 is 0. The third kappa shape index (κ3) is 5.66. The maximum absolute atomic E-state index is 12.2. The number of nitrogens with zero attached hydrogens (tertiary/aromatic N) is 3. The molecule has 6 heteroatoms. The second-order valence-corrected chi connectivity index (χ2v) is 7.71. The monoisotopic (exact) mass is 440 g/mol. The normalized spacial score (nSPS) is 10.8. The Morgan fingerprint density at radius 1 is 1.06 bits per heavy atom. The fraction of sp³-hybridized carbons (Fsp3) is 0.222. The van der Waals surface area contributed by atoms with E-state index in [1.807, 2.05) is 42.5 Å². The Morgan fingerprint density at radius 3 is 2.70 bits per heavy atom. The number of amides is 1. The van der Waals surface area contributed by atoms with Crippen molar-refractivity contribution in [3.05, 3.63) is 103 Å². The topological polar surface area (TPSA) is 69.0 Å². The lowest BCUT2D eigenvalue weighted by Gasteiger charge is -2.13. The van der Waals surface area contributed by atoms with Crippen molar-refractivity contribution < 1.29 is 9.53 Å². The molecule has 168 valence electrons. The number of aromatic nitrogens is 3. The molecule has 0 spiro atoms. The van der Waals surface area contributed by atoms with Crippen molar-refractivity contribution >= 4 is 16.9 Å². The Bertz CT molecular complexity index is 1220. The first-order valence-corrected chi connectivity index (χ1v) is 11.2. The van der Waals surface area contributed by atoms with E-state index in [-0.39, 0.29) is 5.91 Å². The second-order valence-electron chi connectivity index (χ2n) is 7.71. The van der Waals surface area contributed by atoms with Crippen LogP contribution in [0.15, 0.2) is 85.7 Å². The number of carbonyl (C=O) groups is 1. The van der Waals surface area contributed by atoms with Crippen LogP contribution in [0.1, 0.15) is 28.2 Å². The summed E-state index contributed by atoms with van der Waals surface area (Å²) in [5, 5.41) is 2.97. The minimum atomic E-state index is -0.0857. The first-order chi connectivity index (χ1) is 16.3. The summed E-state index contributed by atoms with van der Waals surface area (Å²) in [6.45, 7) is 5.65. The molecule has 1 N–H and O–H groups in total. The maximum atomic E-state index is 12.2. The number of aryl methyl sites for hydroxylation is 1. The van der Waals surface area contributed by atoms with Crippen LogP contribution in [0.3, 0.4) is 0 Å². The minimum absolute atomic E-state index is 0.0857. The van der Waals surface area contributed by atoms with Crippen LogP contribution in [0.4, 0.5) is 0 Å². The SMILES string of the molecule is C=CCc1ccccc1OCCn1c(CCCNC(=O)c2ccncc2)nc2ccccc21. The van der Waals surface area contributed by atoms with E-state index in [0.29, 0.717) is 25.3 Å². The first-order valence-electron chi connectivity index (χ1n) is 11.2. The van der Waals surface area contributed by atoms with Crippen LogP contribution in [0.25, 0.3) is 11.0 Å². The van der Waals surface area contributed by atoms with E-state index in [1.165, 1.54) is 0 Å². The number of allylic oxidation sites excluding steroid dienone is 1. The van der Waals surface area contributed by atoms with Crippen molar-refractivity contribution in [2.75, 3.05) is 13.2 Å². The quantitative estimate of drug-likeness (QED) is 0.273. The highest BCUT2D eigenvalue weighted by atomic mass is 16.5. The van der Waals surface area contributed by atoms with Crippen molar-refractivity contribution in [1.82, 2.24) is 19.9 Å². The van der Waals surface area contributed by atoms with E-state index in [1.54, 1.807) is 24.5 Å². The minimum Gasteiger partial charge on any atom is -0.491 e. The zero-order valence-corrected chi connectivity index (χ0v) is 18.6. The third-order valence-corrected chi connectivity index (χ3v) is 5.45. The van der Waals surface area contributed by atoms with Gasteiger partial charge in [-0.1, -0.05) is 36.4 Å². The molecular weight excluding hydrogens is 412 g/mol. The molecule has 0 aliphatic heterocycles. The summed E-state index contributed by atoms with van der Waals surface area (Å²) in [5.74, 6) is 1.80. The number of ether oxygens (including phenoxy) is 1. The van der Waals surface area contributed by atoms with Crippen molar-refractivity contribution in [1.29, 1.82) is 0 Å². The number of benzene rings is 2. The van der Waals surface area contributed by atoms with E-state index in [2.05, 4.69) is 33.6 Å². The molecule has 33 heavy (non-hydrogen) atoms. The number of hydrogen-bond acceptors (Lipinski definition) is 4. The summed E-state index contributed by atoms with van der Waals surface area (Å²) in [6, 6.07) is 19.6. The van der Waals surface area contributed by atoms with Gasteiger partial charge in [0.2, 0.25) is 0 Å². The predicted octanol–water partition coefficient (Wildman–Crippen LogP) is 4.60. The van der Waals surface area contributed by atoms with Crippen LogP contribution in [-0.4, -0.2) is 33.6 Å². The van der Waals surface area contributed by atoms with Gasteiger partial charge in [0, 0.05) is 30.9 Å². The molecule has 0 atom stereocenters. The Kier molecular flexibility index (Phi) is 7.48. The van der Waals surface area contributed by atoms with Gasteiger partial charge < -0.3 is 14.6 Å². The van der Waals surface area contributed by atoms with Gasteiger partial charge in [-0.05, 0) is 48.7 Å². The molecule has 0 bridgehead atoms. The molecule has 2 aromatic heterocycles. The molecule has 0 saturated heterocycles. The van der Waals surface area contributed by atoms with Crippen LogP contribution in [0.5, 0.6) is 5.75 Å². The lowest BCUT2D eigenvalue weighted by atomic mass is 10.1. The summed E-state index contributed by atoms with van der Waals surface area (Å²) in [4.78, 5) is 21.0. The van der Waals surface area contributed by atoms with Crippen LogP contribution >= 0.6 is 0 Å². The summed E-state index contributed by atoms with van der Waals surface area (Å²) in [7, 11) is 0. The molecule has 0 radical (unpaired) electrons. The number of fused-ring (bicyclic) bond motifs is 1. The lowest BCUT2D eigenvalue weighted by molar-refractivity contribution is 0.0953. The summed E-state index contributed by atoms with van der Waals surface area (Å²) in [5.41, 5.74) is 3.82. The number of hydrogen-bond donors (Lipinski definition) is 1. The molecule has 0 saturated carbocycles. The van der Waals surface area contributed by atoms with E-state index in [9.17, 15) is 4.79 Å². The molecule has 2 heterocycles. The van der Waals surface area contributed by atoms with Crippen molar-refractivity contribution in [3.8, 4) is 5.75 Å². The number of carbonyl (C=O) groups excluding carboxylic acids is 1. The van der Waals surface area contributed by atoms with Gasteiger partial charge in [-0.25, -0.2) is 4.98 Å². The van der Waals surface area contributed by atoms with Crippen LogP contribution < -0.4 is 10.1 Å². The summed E-state index contributed by atoms with van der Waals surface area (Å²) < 4.78 is 8.33. The average molecular weight is 441 g/mol. The summed E-state index contributed by atoms with van der Waals surface area (Å²) in [6.07, 6.45) is 7.46. The van der Waals surface area contributed by atoms with Crippen LogP contribution in [0.2, 0.25) is 0 Å². The second kappa shape index (κ2) is 11.1. The maximum Gasteiger partial charge on any atom is 0.251 e. The molecule has 6 nitrogen and oxygen atoms in total. The largest absolute Gasteiger partial charge is 0.491 e. The molecular formula is C27H28N4O2. The average Bonchev–Trinajstić information content (AvgIpc) is 3.21. The standard InChI is InChI=1S/C27H28N4O2/c1-2-8-21-9-3-6-12-25(21)33-20-19-31-24-11-5-4-10-23(24)30-26(31)13-7-16-29-27(32)22-14-17-28-18-15-22/h2-6,9-12,14-15,17-18H,1,7-8,13,16,19-20H2,(H,29,32). The van der Waals surface area contributed by atoms with E-state index >= 15 is 0 Å². The van der Waals surface area contributed by atoms with Gasteiger partial charge >= 0.3 is 0 Å². The Morgan fingerprint density at radius 2 is 1.85 bits per heavy atom. The van der Waals surface area contributed by atoms with Crippen molar-refractivity contribution in [2.24, 2.45) is 0 Å². The van der Waals surface area contributed by atoms with Gasteiger partial charge in [0.25, 0.3) is 5.91 Å². The van der Waals surface area contributed by atoms with Gasteiger partial charge in [-0.15, -0.1) is 6.58 Å². The fourth-order valence-corrected chi connectivity index (χ4v) is 3.84. The van der Waals surface area contributed by atoms with Gasteiger partial charge in [-0.3, -0.25) is 9.78 Å². The Hall–Kier alpha value is -3.93. The number of pyridine rings is 1. The highest BCUT2D eigenvalue weighted by Gasteiger charge is 2.11. The third-order valence-electron chi connectivity index (χ3n) is 5.45. The molecule has 2 aromatic carbocycles. The number of nitrogens with one attached hydrogen (secondary N) is 1. The Balaban J connectivity index is 1.38. The van der Waals surface area contributed by atoms with Gasteiger partial charge in [-0.2, -0.15) is 0 Å². The highest BCUT2D eigenvalue weighted by molar-refractivity contribution is 5.93. The Labute approximate surface area is 194 Å². The number of para-hydroxylation sites is 3. The lowest BCUT2D eigenvalue weighted by Crippen LogP contribution is -2.25. The molecule has 1 amide bonds.